The molecule has 0 saturated carbocycles. The van der Waals surface area contributed by atoms with Gasteiger partial charge in [0.1, 0.15) is 11.7 Å². The van der Waals surface area contributed by atoms with E-state index in [1.807, 2.05) is 24.1 Å². The molecule has 160 valence electrons. The number of aryl methyl sites for hydroxylation is 2. The fourth-order valence-corrected chi connectivity index (χ4v) is 4.14. The second kappa shape index (κ2) is 7.33. The average molecular weight is 424 g/mol. The molecule has 0 radical (unpaired) electrons. The molecule has 0 unspecified atom stereocenters. The monoisotopic (exact) mass is 424 g/mol. The second-order valence-corrected chi connectivity index (χ2v) is 7.86. The van der Waals surface area contributed by atoms with Gasteiger partial charge in [-0.25, -0.2) is 13.8 Å². The standard InChI is InChI=1S/C22H22F2N6O/c1-3-30-12-17-19(28-7-6-14(23)10-28)5-4-16(20(17)27-30)22(31)26-15-8-18(24)21-25-13(2)9-29(21)11-15/h4-5,8-9,11-12,14H,3,6-7,10H2,1-2H3,(H,26,31)/t14-/m0/s1. The summed E-state index contributed by atoms with van der Waals surface area (Å²) in [5.74, 6) is -0.908. The number of nitrogens with one attached hydrogen (secondary N) is 1. The number of halogens is 2. The highest BCUT2D eigenvalue weighted by Gasteiger charge is 2.25. The third-order valence-electron chi connectivity index (χ3n) is 5.63. The van der Waals surface area contributed by atoms with Crippen LogP contribution in [0.25, 0.3) is 16.6 Å². The van der Waals surface area contributed by atoms with E-state index in [1.165, 1.54) is 6.07 Å². The van der Waals surface area contributed by atoms with Crippen molar-refractivity contribution >= 4 is 33.8 Å². The van der Waals surface area contributed by atoms with Gasteiger partial charge in [-0.05, 0) is 32.4 Å². The van der Waals surface area contributed by atoms with Gasteiger partial charge >= 0.3 is 0 Å². The summed E-state index contributed by atoms with van der Waals surface area (Å²) in [4.78, 5) is 19.2. The quantitative estimate of drug-likeness (QED) is 0.539. The maximum atomic E-state index is 14.4. The Bertz CT molecular complexity index is 1310. The van der Waals surface area contributed by atoms with Gasteiger partial charge in [0.2, 0.25) is 0 Å². The zero-order valence-corrected chi connectivity index (χ0v) is 17.3. The molecule has 4 aromatic rings. The molecule has 9 heteroatoms. The summed E-state index contributed by atoms with van der Waals surface area (Å²) in [7, 11) is 0. The van der Waals surface area contributed by atoms with Gasteiger partial charge in [0.05, 0.1) is 16.9 Å². The van der Waals surface area contributed by atoms with Crippen LogP contribution < -0.4 is 10.2 Å². The number of benzene rings is 1. The number of hydrogen-bond donors (Lipinski definition) is 1. The molecule has 5 rings (SSSR count). The number of carbonyl (C=O) groups excluding carboxylic acids is 1. The first-order valence-electron chi connectivity index (χ1n) is 10.3. The minimum atomic E-state index is -0.851. The summed E-state index contributed by atoms with van der Waals surface area (Å²) in [6.07, 6.45) is 4.84. The van der Waals surface area contributed by atoms with E-state index in [0.717, 1.165) is 11.1 Å². The van der Waals surface area contributed by atoms with Crippen LogP contribution in [0.1, 0.15) is 29.4 Å². The van der Waals surface area contributed by atoms with Crippen LogP contribution in [0, 0.1) is 12.7 Å². The molecule has 1 aliphatic heterocycles. The first-order valence-corrected chi connectivity index (χ1v) is 10.3. The largest absolute Gasteiger partial charge is 0.368 e. The van der Waals surface area contributed by atoms with Gasteiger partial charge in [0, 0.05) is 55.4 Å². The van der Waals surface area contributed by atoms with E-state index in [4.69, 9.17) is 0 Å². The number of rotatable bonds is 4. The van der Waals surface area contributed by atoms with Crippen LogP contribution in [-0.2, 0) is 6.54 Å². The van der Waals surface area contributed by atoms with Crippen molar-refractivity contribution in [1.82, 2.24) is 19.2 Å². The minimum Gasteiger partial charge on any atom is -0.368 e. The molecule has 4 heterocycles. The lowest BCUT2D eigenvalue weighted by Crippen LogP contribution is -2.20. The lowest BCUT2D eigenvalue weighted by atomic mass is 10.1. The zero-order chi connectivity index (χ0) is 21.7. The molecule has 1 aliphatic rings. The predicted molar refractivity (Wildman–Crippen MR) is 115 cm³/mol. The van der Waals surface area contributed by atoms with Gasteiger partial charge in [-0.1, -0.05) is 0 Å². The molecular weight excluding hydrogens is 402 g/mol. The van der Waals surface area contributed by atoms with Crippen LogP contribution in [0.15, 0.2) is 36.8 Å². The number of nitrogens with zero attached hydrogens (tertiary/aromatic N) is 5. The highest BCUT2D eigenvalue weighted by Crippen LogP contribution is 2.32. The van der Waals surface area contributed by atoms with Crippen molar-refractivity contribution in [3.63, 3.8) is 0 Å². The Kier molecular flexibility index (Phi) is 4.60. The number of aromatic nitrogens is 4. The molecule has 0 aliphatic carbocycles. The van der Waals surface area contributed by atoms with E-state index in [0.29, 0.717) is 48.5 Å². The number of imidazole rings is 1. The molecule has 1 atom stereocenters. The lowest BCUT2D eigenvalue weighted by molar-refractivity contribution is 0.102. The first-order chi connectivity index (χ1) is 14.9. The van der Waals surface area contributed by atoms with Gasteiger partial charge in [0.25, 0.3) is 5.91 Å². The minimum absolute atomic E-state index is 0.209. The van der Waals surface area contributed by atoms with E-state index in [-0.39, 0.29) is 5.65 Å². The van der Waals surface area contributed by atoms with Crippen molar-refractivity contribution in [2.75, 3.05) is 23.3 Å². The molecule has 1 N–H and O–H groups in total. The van der Waals surface area contributed by atoms with Crippen molar-refractivity contribution in [2.45, 2.75) is 33.0 Å². The maximum Gasteiger partial charge on any atom is 0.257 e. The Hall–Kier alpha value is -3.49. The number of hydrogen-bond acceptors (Lipinski definition) is 4. The SMILES string of the molecule is CCn1cc2c(N3CC[C@H](F)C3)ccc(C(=O)Nc3cc(F)c4nc(C)cn4c3)c2n1. The molecule has 1 amide bonds. The highest BCUT2D eigenvalue weighted by molar-refractivity contribution is 6.13. The summed E-state index contributed by atoms with van der Waals surface area (Å²) >= 11 is 0. The van der Waals surface area contributed by atoms with Crippen LogP contribution in [-0.4, -0.2) is 44.3 Å². The van der Waals surface area contributed by atoms with Crippen LogP contribution in [0.4, 0.5) is 20.2 Å². The number of pyridine rings is 1. The summed E-state index contributed by atoms with van der Waals surface area (Å²) in [6, 6.07) is 4.78. The van der Waals surface area contributed by atoms with E-state index in [2.05, 4.69) is 15.4 Å². The smallest absolute Gasteiger partial charge is 0.257 e. The van der Waals surface area contributed by atoms with Gasteiger partial charge in [-0.2, -0.15) is 5.10 Å². The zero-order valence-electron chi connectivity index (χ0n) is 17.3. The lowest BCUT2D eigenvalue weighted by Gasteiger charge is -2.19. The molecule has 0 bridgehead atoms. The van der Waals surface area contributed by atoms with E-state index < -0.39 is 17.9 Å². The molecule has 7 nitrogen and oxygen atoms in total. The predicted octanol–water partition coefficient (Wildman–Crippen LogP) is 3.95. The normalized spacial score (nSPS) is 16.5. The number of anilines is 2. The number of carbonyl (C=O) groups is 1. The van der Waals surface area contributed by atoms with Gasteiger partial charge < -0.3 is 14.6 Å². The number of amides is 1. The topological polar surface area (TPSA) is 67.5 Å². The van der Waals surface area contributed by atoms with Crippen molar-refractivity contribution in [1.29, 1.82) is 0 Å². The summed E-state index contributed by atoms with van der Waals surface area (Å²) in [5.41, 5.74) is 3.00. The van der Waals surface area contributed by atoms with Crippen LogP contribution in [0.2, 0.25) is 0 Å². The molecule has 0 spiro atoms. The Morgan fingerprint density at radius 1 is 1.29 bits per heavy atom. The van der Waals surface area contributed by atoms with Crippen molar-refractivity contribution in [3.8, 4) is 0 Å². The van der Waals surface area contributed by atoms with E-state index >= 15 is 0 Å². The number of alkyl halides is 1. The fraction of sp³-hybridized carbons (Fsp3) is 0.318. The summed E-state index contributed by atoms with van der Waals surface area (Å²) < 4.78 is 31.5. The van der Waals surface area contributed by atoms with Crippen molar-refractivity contribution in [3.05, 3.63) is 53.9 Å². The van der Waals surface area contributed by atoms with E-state index in [9.17, 15) is 13.6 Å². The van der Waals surface area contributed by atoms with Crippen LogP contribution >= 0.6 is 0 Å². The van der Waals surface area contributed by atoms with Crippen molar-refractivity contribution in [2.24, 2.45) is 0 Å². The summed E-state index contributed by atoms with van der Waals surface area (Å²) in [6.45, 7) is 5.34. The molecule has 1 saturated heterocycles. The van der Waals surface area contributed by atoms with Gasteiger partial charge in [0.15, 0.2) is 11.5 Å². The first kappa shape index (κ1) is 19.5. The Balaban J connectivity index is 1.52. The molecule has 3 aromatic heterocycles. The third-order valence-corrected chi connectivity index (χ3v) is 5.63. The number of fused-ring (bicyclic) bond motifs is 2. The summed E-state index contributed by atoms with van der Waals surface area (Å²) in [5, 5.41) is 8.13. The fourth-order valence-electron chi connectivity index (χ4n) is 4.14. The van der Waals surface area contributed by atoms with E-state index in [1.54, 1.807) is 34.5 Å². The molecule has 1 aromatic carbocycles. The Morgan fingerprint density at radius 3 is 2.87 bits per heavy atom. The Labute approximate surface area is 177 Å². The Morgan fingerprint density at radius 2 is 2.13 bits per heavy atom. The molecule has 1 fully saturated rings. The third kappa shape index (κ3) is 3.39. The maximum absolute atomic E-state index is 14.4. The van der Waals surface area contributed by atoms with Crippen molar-refractivity contribution < 1.29 is 13.6 Å². The van der Waals surface area contributed by atoms with Crippen LogP contribution in [0.5, 0.6) is 0 Å². The van der Waals surface area contributed by atoms with Crippen LogP contribution in [0.3, 0.4) is 0 Å². The molecular formula is C22H22F2N6O. The molecule has 31 heavy (non-hydrogen) atoms. The average Bonchev–Trinajstić information content (AvgIpc) is 3.44. The second-order valence-electron chi connectivity index (χ2n) is 7.86. The highest BCUT2D eigenvalue weighted by atomic mass is 19.1. The van der Waals surface area contributed by atoms with Gasteiger partial charge in [-0.15, -0.1) is 0 Å². The van der Waals surface area contributed by atoms with Gasteiger partial charge in [-0.3, -0.25) is 9.48 Å².